The molecular weight excluding hydrogens is 295 g/mol. The van der Waals surface area contributed by atoms with Crippen molar-refractivity contribution in [3.05, 3.63) is 35.1 Å². The van der Waals surface area contributed by atoms with Crippen molar-refractivity contribution in [2.45, 2.75) is 44.8 Å². The number of halogens is 1. The first-order chi connectivity index (χ1) is 11.1. The first kappa shape index (κ1) is 16.4. The molecule has 1 aromatic rings. The standard InChI is InChI=1S/C18H25FN2O2/c1-13-6-7-14(12-15(13)19)18(23)21-10-8-20(9-11-21)16-4-2-3-5-17(16)22/h6-7,12,16-17,22H,2-5,8-11H2,1H3. The first-order valence-corrected chi connectivity index (χ1v) is 8.54. The second-order valence-electron chi connectivity index (χ2n) is 6.71. The Bertz CT molecular complexity index is 570. The van der Waals surface area contributed by atoms with Crippen LogP contribution in [-0.4, -0.2) is 59.1 Å². The summed E-state index contributed by atoms with van der Waals surface area (Å²) in [6, 6.07) is 4.90. The molecule has 1 amide bonds. The van der Waals surface area contributed by atoms with E-state index in [1.807, 2.05) is 0 Å². The van der Waals surface area contributed by atoms with Crippen molar-refractivity contribution in [3.8, 4) is 0 Å². The average Bonchev–Trinajstić information content (AvgIpc) is 2.57. The summed E-state index contributed by atoms with van der Waals surface area (Å²) in [6.07, 6.45) is 3.96. The van der Waals surface area contributed by atoms with Gasteiger partial charge in [-0.1, -0.05) is 18.9 Å². The zero-order chi connectivity index (χ0) is 16.4. The van der Waals surface area contributed by atoms with Crippen molar-refractivity contribution >= 4 is 5.91 Å². The molecule has 1 saturated carbocycles. The highest BCUT2D eigenvalue weighted by molar-refractivity contribution is 5.94. The van der Waals surface area contributed by atoms with Crippen LogP contribution < -0.4 is 0 Å². The van der Waals surface area contributed by atoms with Crippen LogP contribution in [0.25, 0.3) is 0 Å². The largest absolute Gasteiger partial charge is 0.391 e. The summed E-state index contributed by atoms with van der Waals surface area (Å²) in [5.74, 6) is -0.437. The van der Waals surface area contributed by atoms with Gasteiger partial charge in [0, 0.05) is 37.8 Å². The lowest BCUT2D eigenvalue weighted by atomic mass is 9.91. The number of aliphatic hydroxyl groups excluding tert-OH is 1. The Labute approximate surface area is 136 Å². The Morgan fingerprint density at radius 1 is 1.17 bits per heavy atom. The lowest BCUT2D eigenvalue weighted by Crippen LogP contribution is -2.55. The number of aryl methyl sites for hydroxylation is 1. The maximum Gasteiger partial charge on any atom is 0.254 e. The van der Waals surface area contributed by atoms with Crippen LogP contribution in [-0.2, 0) is 0 Å². The van der Waals surface area contributed by atoms with Crippen molar-refractivity contribution in [1.29, 1.82) is 0 Å². The van der Waals surface area contributed by atoms with Gasteiger partial charge in [0.1, 0.15) is 5.82 Å². The molecule has 1 saturated heterocycles. The minimum Gasteiger partial charge on any atom is -0.391 e. The topological polar surface area (TPSA) is 43.8 Å². The number of aliphatic hydroxyl groups is 1. The molecule has 4 nitrogen and oxygen atoms in total. The molecule has 0 spiro atoms. The smallest absolute Gasteiger partial charge is 0.254 e. The molecule has 2 unspecified atom stereocenters. The summed E-state index contributed by atoms with van der Waals surface area (Å²) in [5, 5.41) is 10.2. The number of carbonyl (C=O) groups is 1. The number of amides is 1. The van der Waals surface area contributed by atoms with Gasteiger partial charge in [0.05, 0.1) is 6.10 Å². The van der Waals surface area contributed by atoms with Gasteiger partial charge in [-0.25, -0.2) is 4.39 Å². The number of piperazine rings is 1. The van der Waals surface area contributed by atoms with Crippen molar-refractivity contribution < 1.29 is 14.3 Å². The highest BCUT2D eigenvalue weighted by Gasteiger charge is 2.32. The molecule has 1 heterocycles. The lowest BCUT2D eigenvalue weighted by molar-refractivity contribution is -0.00173. The summed E-state index contributed by atoms with van der Waals surface area (Å²) in [4.78, 5) is 16.6. The van der Waals surface area contributed by atoms with Gasteiger partial charge in [0.2, 0.25) is 0 Å². The Morgan fingerprint density at radius 2 is 1.87 bits per heavy atom. The van der Waals surface area contributed by atoms with E-state index < -0.39 is 0 Å². The van der Waals surface area contributed by atoms with E-state index in [1.54, 1.807) is 24.0 Å². The van der Waals surface area contributed by atoms with Gasteiger partial charge < -0.3 is 10.0 Å². The Balaban J connectivity index is 1.59. The van der Waals surface area contributed by atoms with Gasteiger partial charge in [-0.05, 0) is 37.5 Å². The summed E-state index contributed by atoms with van der Waals surface area (Å²) in [7, 11) is 0. The molecule has 1 N–H and O–H groups in total. The second-order valence-corrected chi connectivity index (χ2v) is 6.71. The number of nitrogens with zero attached hydrogens (tertiary/aromatic N) is 2. The molecule has 1 aromatic carbocycles. The molecular formula is C18H25FN2O2. The highest BCUT2D eigenvalue weighted by Crippen LogP contribution is 2.24. The molecule has 2 aliphatic rings. The molecule has 2 fully saturated rings. The predicted octanol–water partition coefficient (Wildman–Crippen LogP) is 2.20. The van der Waals surface area contributed by atoms with Crippen molar-refractivity contribution in [2.75, 3.05) is 26.2 Å². The molecule has 0 radical (unpaired) electrons. The fourth-order valence-corrected chi connectivity index (χ4v) is 3.68. The van der Waals surface area contributed by atoms with Crippen LogP contribution in [0.4, 0.5) is 4.39 Å². The maximum absolute atomic E-state index is 13.6. The van der Waals surface area contributed by atoms with Crippen molar-refractivity contribution in [3.63, 3.8) is 0 Å². The summed E-state index contributed by atoms with van der Waals surface area (Å²) >= 11 is 0. The van der Waals surface area contributed by atoms with Gasteiger partial charge >= 0.3 is 0 Å². The van der Waals surface area contributed by atoms with Crippen LogP contribution in [0.5, 0.6) is 0 Å². The van der Waals surface area contributed by atoms with Gasteiger partial charge in [-0.3, -0.25) is 9.69 Å². The van der Waals surface area contributed by atoms with Crippen LogP contribution in [0.2, 0.25) is 0 Å². The third-order valence-electron chi connectivity index (χ3n) is 5.18. The fourth-order valence-electron chi connectivity index (χ4n) is 3.68. The molecule has 3 rings (SSSR count). The van der Waals surface area contributed by atoms with Gasteiger partial charge in [0.25, 0.3) is 5.91 Å². The molecule has 5 heteroatoms. The number of hydrogen-bond donors (Lipinski definition) is 1. The Morgan fingerprint density at radius 3 is 2.52 bits per heavy atom. The van der Waals surface area contributed by atoms with E-state index in [4.69, 9.17) is 0 Å². The molecule has 1 aliphatic heterocycles. The zero-order valence-electron chi connectivity index (χ0n) is 13.7. The minimum atomic E-state index is -0.334. The van der Waals surface area contributed by atoms with Crippen LogP contribution in [0, 0.1) is 12.7 Å². The van der Waals surface area contributed by atoms with E-state index in [0.717, 1.165) is 32.4 Å². The average molecular weight is 320 g/mol. The minimum absolute atomic E-state index is 0.104. The summed E-state index contributed by atoms with van der Waals surface area (Å²) in [6.45, 7) is 4.52. The molecule has 0 bridgehead atoms. The fraction of sp³-hybridized carbons (Fsp3) is 0.611. The number of carbonyl (C=O) groups excluding carboxylic acids is 1. The normalized spacial score (nSPS) is 26.3. The third kappa shape index (κ3) is 3.56. The van der Waals surface area contributed by atoms with Crippen LogP contribution >= 0.6 is 0 Å². The first-order valence-electron chi connectivity index (χ1n) is 8.54. The van der Waals surface area contributed by atoms with Crippen LogP contribution in [0.1, 0.15) is 41.6 Å². The van der Waals surface area contributed by atoms with Crippen molar-refractivity contribution in [2.24, 2.45) is 0 Å². The van der Waals surface area contributed by atoms with E-state index in [1.165, 1.54) is 12.5 Å². The number of hydrogen-bond acceptors (Lipinski definition) is 3. The SMILES string of the molecule is Cc1ccc(C(=O)N2CCN(C3CCCCC3O)CC2)cc1F. The molecule has 126 valence electrons. The van der Waals surface area contributed by atoms with Crippen LogP contribution in [0.15, 0.2) is 18.2 Å². The number of benzene rings is 1. The predicted molar refractivity (Wildman–Crippen MR) is 86.9 cm³/mol. The second kappa shape index (κ2) is 6.97. The molecule has 2 atom stereocenters. The van der Waals surface area contributed by atoms with E-state index in [9.17, 15) is 14.3 Å². The third-order valence-corrected chi connectivity index (χ3v) is 5.18. The summed E-state index contributed by atoms with van der Waals surface area (Å²) in [5.41, 5.74) is 0.969. The molecule has 0 aromatic heterocycles. The van der Waals surface area contributed by atoms with Gasteiger partial charge in [-0.2, -0.15) is 0 Å². The van der Waals surface area contributed by atoms with Gasteiger partial charge in [-0.15, -0.1) is 0 Å². The Kier molecular flexibility index (Phi) is 4.97. The quantitative estimate of drug-likeness (QED) is 0.908. The van der Waals surface area contributed by atoms with E-state index >= 15 is 0 Å². The van der Waals surface area contributed by atoms with Crippen molar-refractivity contribution in [1.82, 2.24) is 9.80 Å². The summed E-state index contributed by atoms with van der Waals surface area (Å²) < 4.78 is 13.6. The highest BCUT2D eigenvalue weighted by atomic mass is 19.1. The number of rotatable bonds is 2. The monoisotopic (exact) mass is 320 g/mol. The maximum atomic E-state index is 13.6. The van der Waals surface area contributed by atoms with E-state index in [2.05, 4.69) is 4.90 Å². The molecule has 23 heavy (non-hydrogen) atoms. The molecule has 1 aliphatic carbocycles. The Hall–Kier alpha value is -1.46. The van der Waals surface area contributed by atoms with E-state index in [-0.39, 0.29) is 23.9 Å². The van der Waals surface area contributed by atoms with Crippen LogP contribution in [0.3, 0.4) is 0 Å². The zero-order valence-corrected chi connectivity index (χ0v) is 13.7. The van der Waals surface area contributed by atoms with E-state index in [0.29, 0.717) is 24.2 Å². The lowest BCUT2D eigenvalue weighted by Gasteiger charge is -2.42. The van der Waals surface area contributed by atoms with Gasteiger partial charge in [0.15, 0.2) is 0 Å².